The van der Waals surface area contributed by atoms with Gasteiger partial charge in [0.15, 0.2) is 0 Å². The van der Waals surface area contributed by atoms with Crippen molar-refractivity contribution in [2.45, 2.75) is 10.1 Å². The molecule has 1 heterocycles. The minimum Gasteiger partial charge on any atom is -0.496 e. The molecule has 1 aromatic heterocycles. The van der Waals surface area contributed by atoms with Gasteiger partial charge in [-0.05, 0) is 60.2 Å². The summed E-state index contributed by atoms with van der Waals surface area (Å²) in [6.07, 6.45) is 3.19. The number of para-hydroxylation sites is 1. The summed E-state index contributed by atoms with van der Waals surface area (Å²) < 4.78 is 5.45. The number of methoxy groups -OCH3 is 1. The summed E-state index contributed by atoms with van der Waals surface area (Å²) in [7, 11) is 1.54. The zero-order valence-electron chi connectivity index (χ0n) is 24.3. The second-order valence-electron chi connectivity index (χ2n) is 9.71. The average molecular weight is 615 g/mol. The van der Waals surface area contributed by atoms with Crippen LogP contribution >= 0.6 is 11.8 Å². The number of nitrogens with zero attached hydrogens (tertiary/aromatic N) is 1. The highest BCUT2D eigenvalue weighted by Gasteiger charge is 2.23. The number of hydrogen-bond acceptors (Lipinski definition) is 6. The van der Waals surface area contributed by atoms with Crippen molar-refractivity contribution in [3.05, 3.63) is 156 Å². The number of ether oxygens (including phenoxy) is 1. The van der Waals surface area contributed by atoms with Crippen molar-refractivity contribution in [1.29, 1.82) is 0 Å². The van der Waals surface area contributed by atoms with Crippen molar-refractivity contribution in [1.82, 2.24) is 10.3 Å². The van der Waals surface area contributed by atoms with Crippen LogP contribution in [0.25, 0.3) is 6.08 Å². The lowest BCUT2D eigenvalue weighted by molar-refractivity contribution is -0.116. The predicted molar refractivity (Wildman–Crippen MR) is 178 cm³/mol. The van der Waals surface area contributed by atoms with Crippen LogP contribution in [-0.4, -0.2) is 29.8 Å². The van der Waals surface area contributed by atoms with Crippen molar-refractivity contribution in [3.63, 3.8) is 0 Å². The largest absolute Gasteiger partial charge is 0.496 e. The Bertz CT molecular complexity index is 1800. The van der Waals surface area contributed by atoms with Gasteiger partial charge in [0.25, 0.3) is 11.8 Å². The Balaban J connectivity index is 1.39. The molecule has 0 aliphatic rings. The van der Waals surface area contributed by atoms with Gasteiger partial charge in [0.2, 0.25) is 5.91 Å². The summed E-state index contributed by atoms with van der Waals surface area (Å²) in [5, 5.41) is 7.94. The van der Waals surface area contributed by atoms with E-state index in [4.69, 9.17) is 4.74 Å². The van der Waals surface area contributed by atoms with Crippen LogP contribution in [0.2, 0.25) is 0 Å². The molecule has 3 amide bonds. The van der Waals surface area contributed by atoms with Crippen LogP contribution in [0, 0.1) is 0 Å². The van der Waals surface area contributed by atoms with Gasteiger partial charge in [-0.15, -0.1) is 11.8 Å². The molecule has 4 aromatic carbocycles. The molecule has 0 fully saturated rings. The van der Waals surface area contributed by atoms with E-state index in [0.29, 0.717) is 28.4 Å². The monoisotopic (exact) mass is 614 g/mol. The van der Waals surface area contributed by atoms with Crippen LogP contribution < -0.4 is 20.7 Å². The maximum absolute atomic E-state index is 13.6. The number of anilines is 2. The third kappa shape index (κ3) is 8.46. The van der Waals surface area contributed by atoms with E-state index < -0.39 is 17.1 Å². The fourth-order valence-electron chi connectivity index (χ4n) is 4.39. The van der Waals surface area contributed by atoms with Gasteiger partial charge in [-0.3, -0.25) is 14.4 Å². The fraction of sp³-hybridized carbons (Fsp3) is 0.0556. The average Bonchev–Trinajstić information content (AvgIpc) is 3.08. The van der Waals surface area contributed by atoms with E-state index in [-0.39, 0.29) is 11.6 Å². The highest BCUT2D eigenvalue weighted by molar-refractivity contribution is 8.00. The molecule has 0 saturated heterocycles. The molecule has 224 valence electrons. The maximum Gasteiger partial charge on any atom is 0.272 e. The lowest BCUT2D eigenvalue weighted by Crippen LogP contribution is -2.30. The van der Waals surface area contributed by atoms with Gasteiger partial charge in [-0.25, -0.2) is 4.98 Å². The van der Waals surface area contributed by atoms with E-state index in [0.717, 1.165) is 10.5 Å². The first-order valence-corrected chi connectivity index (χ1v) is 14.9. The van der Waals surface area contributed by atoms with E-state index in [1.54, 1.807) is 85.1 Å². The van der Waals surface area contributed by atoms with E-state index in [1.165, 1.54) is 18.9 Å². The van der Waals surface area contributed by atoms with Crippen LogP contribution in [0.4, 0.5) is 11.5 Å². The SMILES string of the molecule is COc1ccccc1/C=C(/NC(=O)c1ccccc1)C(=O)Nc1cccc(SC(C(=O)Nc2ccccn2)c2ccccc2)c1. The lowest BCUT2D eigenvalue weighted by Gasteiger charge is -2.17. The molecule has 1 atom stereocenters. The Morgan fingerprint density at radius 3 is 2.22 bits per heavy atom. The molecular weight excluding hydrogens is 584 g/mol. The molecular formula is C36H30N4O4S. The molecule has 8 nitrogen and oxygen atoms in total. The summed E-state index contributed by atoms with van der Waals surface area (Å²) in [5.74, 6) is -0.186. The number of carbonyl (C=O) groups excluding carboxylic acids is 3. The third-order valence-corrected chi connectivity index (χ3v) is 7.82. The van der Waals surface area contributed by atoms with Gasteiger partial charge in [0.05, 0.1) is 7.11 Å². The minimum atomic E-state index is -0.592. The summed E-state index contributed by atoms with van der Waals surface area (Å²) >= 11 is 1.34. The smallest absolute Gasteiger partial charge is 0.272 e. The second kappa shape index (κ2) is 15.2. The summed E-state index contributed by atoms with van der Waals surface area (Å²) in [5.41, 5.74) is 2.36. The van der Waals surface area contributed by atoms with Crippen molar-refractivity contribution >= 4 is 47.1 Å². The number of benzene rings is 4. The van der Waals surface area contributed by atoms with Crippen LogP contribution in [0.5, 0.6) is 5.75 Å². The standard InChI is InChI=1S/C36H30N4O4S/c1-44-31-20-9-8-17-27(31)23-30(39-34(41)26-15-6-3-7-16-26)35(42)38-28-18-12-19-29(24-28)45-33(25-13-4-2-5-14-25)36(43)40-32-21-10-11-22-37-32/h2-24,33H,1H3,(H,38,42)(H,39,41)(H,37,40,43)/b30-23+. The minimum absolute atomic E-state index is 0.0308. The fourth-order valence-corrected chi connectivity index (χ4v) is 5.48. The number of nitrogens with one attached hydrogen (secondary N) is 3. The number of hydrogen-bond donors (Lipinski definition) is 3. The highest BCUT2D eigenvalue weighted by atomic mass is 32.2. The van der Waals surface area contributed by atoms with Crippen LogP contribution in [0.15, 0.2) is 144 Å². The molecule has 5 rings (SSSR count). The first-order valence-electron chi connectivity index (χ1n) is 14.1. The second-order valence-corrected chi connectivity index (χ2v) is 10.9. The molecule has 0 aliphatic carbocycles. The summed E-state index contributed by atoms with van der Waals surface area (Å²) in [4.78, 5) is 45.1. The first-order chi connectivity index (χ1) is 22.0. The molecule has 3 N–H and O–H groups in total. The van der Waals surface area contributed by atoms with Gasteiger partial charge in [0.1, 0.15) is 22.5 Å². The van der Waals surface area contributed by atoms with E-state index in [1.807, 2.05) is 54.6 Å². The Labute approximate surface area is 265 Å². The molecule has 0 bridgehead atoms. The normalized spacial score (nSPS) is 11.6. The van der Waals surface area contributed by atoms with E-state index >= 15 is 0 Å². The Morgan fingerprint density at radius 2 is 1.49 bits per heavy atom. The number of aromatic nitrogens is 1. The zero-order valence-corrected chi connectivity index (χ0v) is 25.2. The molecule has 0 saturated carbocycles. The first kappa shape index (κ1) is 30.8. The topological polar surface area (TPSA) is 109 Å². The Hall–Kier alpha value is -5.67. The molecule has 1 unspecified atom stereocenters. The molecule has 0 radical (unpaired) electrons. The zero-order chi connectivity index (χ0) is 31.4. The van der Waals surface area contributed by atoms with Crippen molar-refractivity contribution in [3.8, 4) is 5.75 Å². The summed E-state index contributed by atoms with van der Waals surface area (Å²) in [6, 6.07) is 37.8. The Morgan fingerprint density at radius 1 is 0.778 bits per heavy atom. The van der Waals surface area contributed by atoms with Gasteiger partial charge in [-0.1, -0.05) is 78.9 Å². The van der Waals surface area contributed by atoms with E-state index in [2.05, 4.69) is 20.9 Å². The van der Waals surface area contributed by atoms with Crippen LogP contribution in [0.1, 0.15) is 26.7 Å². The van der Waals surface area contributed by atoms with Crippen molar-refractivity contribution < 1.29 is 19.1 Å². The number of thioether (sulfide) groups is 1. The van der Waals surface area contributed by atoms with E-state index in [9.17, 15) is 14.4 Å². The van der Waals surface area contributed by atoms with Gasteiger partial charge in [0, 0.05) is 27.9 Å². The number of carbonyl (C=O) groups is 3. The molecule has 45 heavy (non-hydrogen) atoms. The maximum atomic E-state index is 13.6. The van der Waals surface area contributed by atoms with Crippen LogP contribution in [-0.2, 0) is 9.59 Å². The van der Waals surface area contributed by atoms with Gasteiger partial charge in [-0.2, -0.15) is 0 Å². The summed E-state index contributed by atoms with van der Waals surface area (Å²) in [6.45, 7) is 0. The van der Waals surface area contributed by atoms with Crippen molar-refractivity contribution in [2.75, 3.05) is 17.7 Å². The number of rotatable bonds is 11. The van der Waals surface area contributed by atoms with Gasteiger partial charge < -0.3 is 20.7 Å². The third-order valence-electron chi connectivity index (χ3n) is 6.57. The number of amides is 3. The van der Waals surface area contributed by atoms with Crippen LogP contribution in [0.3, 0.4) is 0 Å². The highest BCUT2D eigenvalue weighted by Crippen LogP contribution is 2.37. The molecule has 5 aromatic rings. The number of pyridine rings is 1. The lowest BCUT2D eigenvalue weighted by atomic mass is 10.1. The molecule has 0 spiro atoms. The molecule has 0 aliphatic heterocycles. The quantitative estimate of drug-likeness (QED) is 0.110. The Kier molecular flexibility index (Phi) is 10.4. The van der Waals surface area contributed by atoms with Gasteiger partial charge >= 0.3 is 0 Å². The molecule has 9 heteroatoms. The van der Waals surface area contributed by atoms with Crippen molar-refractivity contribution in [2.24, 2.45) is 0 Å². The predicted octanol–water partition coefficient (Wildman–Crippen LogP) is 6.97.